The number of nitrogens with zero attached hydrogens (tertiary/aromatic N) is 1. The van der Waals surface area contributed by atoms with Crippen molar-refractivity contribution < 1.29 is 5.11 Å². The number of aliphatic hydroxyl groups excluding tert-OH is 1. The third kappa shape index (κ3) is 4.67. The fourth-order valence-electron chi connectivity index (χ4n) is 4.76. The molecule has 3 nitrogen and oxygen atoms in total. The Morgan fingerprint density at radius 2 is 2.00 bits per heavy atom. The third-order valence-electron chi connectivity index (χ3n) is 5.80. The summed E-state index contributed by atoms with van der Waals surface area (Å²) in [5, 5.41) is 13.1. The molecule has 0 spiro atoms. The zero-order chi connectivity index (χ0) is 15.2. The zero-order valence-electron chi connectivity index (χ0n) is 14.4. The molecule has 1 heterocycles. The molecule has 1 saturated heterocycles. The average Bonchev–Trinajstić information content (AvgIpc) is 2.45. The molecule has 5 atom stereocenters. The first kappa shape index (κ1) is 17.2. The first-order valence-electron chi connectivity index (χ1n) is 9.24. The molecule has 0 amide bonds. The predicted octanol–water partition coefficient (Wildman–Crippen LogP) is 2.88. The molecule has 1 aliphatic carbocycles. The van der Waals surface area contributed by atoms with Gasteiger partial charge in [0.2, 0.25) is 0 Å². The minimum atomic E-state index is 0.342. The molecule has 0 aromatic carbocycles. The molecule has 2 fully saturated rings. The Morgan fingerprint density at radius 1 is 1.19 bits per heavy atom. The minimum absolute atomic E-state index is 0.342. The molecule has 124 valence electrons. The normalized spacial score (nSPS) is 38.6. The van der Waals surface area contributed by atoms with Gasteiger partial charge in [-0.1, -0.05) is 27.2 Å². The van der Waals surface area contributed by atoms with Crippen LogP contribution in [0.4, 0.5) is 0 Å². The van der Waals surface area contributed by atoms with E-state index in [1.807, 2.05) is 0 Å². The molecule has 0 aromatic rings. The van der Waals surface area contributed by atoms with Crippen LogP contribution < -0.4 is 5.32 Å². The first-order valence-corrected chi connectivity index (χ1v) is 9.24. The van der Waals surface area contributed by atoms with Crippen LogP contribution in [0.25, 0.3) is 0 Å². The van der Waals surface area contributed by atoms with E-state index in [0.717, 1.165) is 30.7 Å². The van der Waals surface area contributed by atoms with Gasteiger partial charge in [0.15, 0.2) is 0 Å². The lowest BCUT2D eigenvalue weighted by Gasteiger charge is -2.45. The molecule has 2 N–H and O–H groups in total. The van der Waals surface area contributed by atoms with Crippen LogP contribution in [0.5, 0.6) is 0 Å². The van der Waals surface area contributed by atoms with E-state index < -0.39 is 0 Å². The highest BCUT2D eigenvalue weighted by Gasteiger charge is 2.36. The van der Waals surface area contributed by atoms with Gasteiger partial charge in [-0.15, -0.1) is 0 Å². The Labute approximate surface area is 131 Å². The molecule has 1 saturated carbocycles. The molecular formula is C18H36N2O. The van der Waals surface area contributed by atoms with Gasteiger partial charge in [0, 0.05) is 25.2 Å². The molecule has 2 rings (SSSR count). The van der Waals surface area contributed by atoms with Gasteiger partial charge in [0.05, 0.1) is 0 Å². The van der Waals surface area contributed by atoms with Crippen molar-refractivity contribution in [3.05, 3.63) is 0 Å². The molecule has 21 heavy (non-hydrogen) atoms. The Bertz CT molecular complexity index is 295. The van der Waals surface area contributed by atoms with Gasteiger partial charge >= 0.3 is 0 Å². The summed E-state index contributed by atoms with van der Waals surface area (Å²) in [5.41, 5.74) is 0. The maximum atomic E-state index is 9.33. The van der Waals surface area contributed by atoms with Crippen LogP contribution in [0.2, 0.25) is 0 Å². The summed E-state index contributed by atoms with van der Waals surface area (Å²) in [6.07, 6.45) is 7.64. The molecule has 3 heteroatoms. The van der Waals surface area contributed by atoms with Crippen molar-refractivity contribution in [1.82, 2.24) is 10.2 Å². The third-order valence-corrected chi connectivity index (χ3v) is 5.80. The number of piperidine rings is 1. The predicted molar refractivity (Wildman–Crippen MR) is 89.4 cm³/mol. The van der Waals surface area contributed by atoms with Crippen molar-refractivity contribution in [3.8, 4) is 0 Å². The van der Waals surface area contributed by atoms with Crippen LogP contribution >= 0.6 is 0 Å². The topological polar surface area (TPSA) is 35.5 Å². The van der Waals surface area contributed by atoms with E-state index >= 15 is 0 Å². The Balaban J connectivity index is 1.99. The Hall–Kier alpha value is -0.120. The van der Waals surface area contributed by atoms with Crippen molar-refractivity contribution in [2.45, 2.75) is 71.4 Å². The van der Waals surface area contributed by atoms with Crippen LogP contribution in [-0.2, 0) is 0 Å². The van der Waals surface area contributed by atoms with Crippen molar-refractivity contribution in [2.75, 3.05) is 26.2 Å². The smallest absolute Gasteiger partial charge is 0.0445 e. The minimum Gasteiger partial charge on any atom is -0.396 e. The monoisotopic (exact) mass is 296 g/mol. The van der Waals surface area contributed by atoms with E-state index in [0.29, 0.717) is 18.7 Å². The van der Waals surface area contributed by atoms with Gasteiger partial charge in [-0.25, -0.2) is 0 Å². The molecule has 0 bridgehead atoms. The summed E-state index contributed by atoms with van der Waals surface area (Å²) in [4.78, 5) is 2.70. The molecular weight excluding hydrogens is 260 g/mol. The number of nitrogens with one attached hydrogen (secondary N) is 1. The molecule has 0 radical (unpaired) electrons. The number of hydrogen-bond acceptors (Lipinski definition) is 3. The van der Waals surface area contributed by atoms with Crippen LogP contribution in [0.15, 0.2) is 0 Å². The van der Waals surface area contributed by atoms with E-state index in [9.17, 15) is 5.11 Å². The SMILES string of the molecule is CCNC1CC(C)CC(C)C1CN1CCCCC1CCO. The molecule has 1 aliphatic heterocycles. The zero-order valence-corrected chi connectivity index (χ0v) is 14.4. The highest BCUT2D eigenvalue weighted by atomic mass is 16.3. The first-order chi connectivity index (χ1) is 10.2. The van der Waals surface area contributed by atoms with E-state index in [2.05, 4.69) is 31.0 Å². The van der Waals surface area contributed by atoms with Gasteiger partial charge in [-0.05, 0) is 62.9 Å². The second-order valence-electron chi connectivity index (χ2n) is 7.54. The summed E-state index contributed by atoms with van der Waals surface area (Å²) >= 11 is 0. The fraction of sp³-hybridized carbons (Fsp3) is 1.00. The lowest BCUT2D eigenvalue weighted by Crippen LogP contribution is -2.52. The maximum Gasteiger partial charge on any atom is 0.0445 e. The number of rotatable bonds is 6. The van der Waals surface area contributed by atoms with Crippen LogP contribution in [-0.4, -0.2) is 48.3 Å². The summed E-state index contributed by atoms with van der Waals surface area (Å²) in [7, 11) is 0. The molecule has 2 aliphatic rings. The molecule has 0 aromatic heterocycles. The Kier molecular flexibility index (Phi) is 6.97. The van der Waals surface area contributed by atoms with Crippen LogP contribution in [0.3, 0.4) is 0 Å². The second kappa shape index (κ2) is 8.50. The van der Waals surface area contributed by atoms with Crippen molar-refractivity contribution in [3.63, 3.8) is 0 Å². The van der Waals surface area contributed by atoms with Crippen molar-refractivity contribution >= 4 is 0 Å². The van der Waals surface area contributed by atoms with Crippen LogP contribution in [0, 0.1) is 17.8 Å². The fourth-order valence-corrected chi connectivity index (χ4v) is 4.76. The summed E-state index contributed by atoms with van der Waals surface area (Å²) < 4.78 is 0. The molecule has 5 unspecified atom stereocenters. The van der Waals surface area contributed by atoms with Crippen molar-refractivity contribution in [1.29, 1.82) is 0 Å². The number of aliphatic hydroxyl groups is 1. The number of hydrogen-bond donors (Lipinski definition) is 2. The summed E-state index contributed by atoms with van der Waals surface area (Å²) in [5.74, 6) is 2.45. The van der Waals surface area contributed by atoms with E-state index in [-0.39, 0.29) is 0 Å². The maximum absolute atomic E-state index is 9.33. The number of likely N-dealkylation sites (tertiary alicyclic amines) is 1. The van der Waals surface area contributed by atoms with Gasteiger partial charge < -0.3 is 10.4 Å². The average molecular weight is 296 g/mol. The second-order valence-corrected chi connectivity index (χ2v) is 7.54. The van der Waals surface area contributed by atoms with E-state index in [4.69, 9.17) is 0 Å². The summed E-state index contributed by atoms with van der Waals surface area (Å²) in [6, 6.07) is 1.31. The summed E-state index contributed by atoms with van der Waals surface area (Å²) in [6.45, 7) is 11.0. The lowest BCUT2D eigenvalue weighted by atomic mass is 9.72. The van der Waals surface area contributed by atoms with Gasteiger partial charge in [-0.3, -0.25) is 4.90 Å². The van der Waals surface area contributed by atoms with E-state index in [1.54, 1.807) is 0 Å². The largest absolute Gasteiger partial charge is 0.396 e. The van der Waals surface area contributed by atoms with E-state index in [1.165, 1.54) is 45.2 Å². The van der Waals surface area contributed by atoms with Gasteiger partial charge in [0.25, 0.3) is 0 Å². The van der Waals surface area contributed by atoms with Gasteiger partial charge in [-0.2, -0.15) is 0 Å². The van der Waals surface area contributed by atoms with Gasteiger partial charge in [0.1, 0.15) is 0 Å². The van der Waals surface area contributed by atoms with Crippen LogP contribution in [0.1, 0.15) is 59.3 Å². The lowest BCUT2D eigenvalue weighted by molar-refractivity contribution is 0.0539. The highest BCUT2D eigenvalue weighted by molar-refractivity contribution is 4.91. The quantitative estimate of drug-likeness (QED) is 0.791. The Morgan fingerprint density at radius 3 is 2.71 bits per heavy atom. The highest BCUT2D eigenvalue weighted by Crippen LogP contribution is 2.35. The van der Waals surface area contributed by atoms with Crippen molar-refractivity contribution in [2.24, 2.45) is 17.8 Å². The standard InChI is InChI=1S/C18H36N2O/c1-4-19-18-12-14(2)11-15(3)17(18)13-20-9-6-5-7-16(20)8-10-21/h14-19,21H,4-13H2,1-3H3.